The van der Waals surface area contributed by atoms with Crippen LogP contribution in [0.2, 0.25) is 20.1 Å². The average Bonchev–Trinajstić information content (AvgIpc) is 2.81. The fourth-order valence-corrected chi connectivity index (χ4v) is 4.82. The molecule has 0 unspecified atom stereocenters. The Balaban J connectivity index is 1.73. The average molecular weight is 596 g/mol. The lowest BCUT2D eigenvalue weighted by Gasteiger charge is -2.17. The molecular formula is C26H12Cl4F6O. The normalized spacial score (nSPS) is 12.1. The van der Waals surface area contributed by atoms with Crippen molar-refractivity contribution in [1.82, 2.24) is 0 Å². The number of alkyl halides is 6. The summed E-state index contributed by atoms with van der Waals surface area (Å²) in [6, 6.07) is 14.8. The Labute approximate surface area is 227 Å². The molecule has 0 fully saturated rings. The zero-order valence-electron chi connectivity index (χ0n) is 18.1. The molecule has 0 aromatic heterocycles. The van der Waals surface area contributed by atoms with Gasteiger partial charge in [0.15, 0.2) is 11.5 Å². The van der Waals surface area contributed by atoms with Crippen LogP contribution in [0.5, 0.6) is 11.5 Å². The van der Waals surface area contributed by atoms with E-state index in [1.54, 1.807) is 0 Å². The van der Waals surface area contributed by atoms with Crippen molar-refractivity contribution in [3.8, 4) is 33.8 Å². The van der Waals surface area contributed by atoms with Crippen molar-refractivity contribution in [2.24, 2.45) is 0 Å². The lowest BCUT2D eigenvalue weighted by Crippen LogP contribution is -2.07. The zero-order valence-corrected chi connectivity index (χ0v) is 21.1. The third-order valence-electron chi connectivity index (χ3n) is 5.29. The van der Waals surface area contributed by atoms with Crippen LogP contribution in [0.3, 0.4) is 0 Å². The van der Waals surface area contributed by atoms with Crippen molar-refractivity contribution in [2.45, 2.75) is 12.4 Å². The zero-order chi connectivity index (χ0) is 27.1. The Morgan fingerprint density at radius 3 is 1.08 bits per heavy atom. The monoisotopic (exact) mass is 594 g/mol. The molecule has 1 nitrogen and oxygen atoms in total. The first-order valence-corrected chi connectivity index (χ1v) is 11.8. The van der Waals surface area contributed by atoms with Gasteiger partial charge in [-0.05, 0) is 58.7 Å². The standard InChI is InChI=1S/C26H12Cl4F6O/c27-19-9-13(15-5-1-3-7-17(15)25(31,32)33)10-20(28)23(19)37-24-21(29)11-14(12-22(24)30)16-6-2-4-8-18(16)26(34,35)36/h1-12H. The molecule has 0 atom stereocenters. The van der Waals surface area contributed by atoms with Crippen LogP contribution in [-0.2, 0) is 12.4 Å². The highest BCUT2D eigenvalue weighted by Gasteiger charge is 2.34. The first-order chi connectivity index (χ1) is 17.3. The molecule has 4 aromatic carbocycles. The summed E-state index contributed by atoms with van der Waals surface area (Å²) in [4.78, 5) is 0. The number of hydrogen-bond donors (Lipinski definition) is 0. The van der Waals surface area contributed by atoms with E-state index in [0.717, 1.165) is 12.1 Å². The van der Waals surface area contributed by atoms with Crippen LogP contribution in [0.15, 0.2) is 72.8 Å². The number of rotatable bonds is 4. The first-order valence-electron chi connectivity index (χ1n) is 10.3. The summed E-state index contributed by atoms with van der Waals surface area (Å²) in [6.45, 7) is 0. The molecule has 192 valence electrons. The summed E-state index contributed by atoms with van der Waals surface area (Å²) in [6.07, 6.45) is -9.23. The summed E-state index contributed by atoms with van der Waals surface area (Å²) >= 11 is 25.2. The van der Waals surface area contributed by atoms with Crippen LogP contribution in [0.4, 0.5) is 26.3 Å². The van der Waals surface area contributed by atoms with E-state index in [4.69, 9.17) is 51.1 Å². The maximum atomic E-state index is 13.5. The minimum Gasteiger partial charge on any atom is -0.451 e. The van der Waals surface area contributed by atoms with Gasteiger partial charge in [-0.2, -0.15) is 26.3 Å². The summed E-state index contributed by atoms with van der Waals surface area (Å²) < 4.78 is 86.4. The Kier molecular flexibility index (Phi) is 7.64. The second-order valence-corrected chi connectivity index (χ2v) is 9.36. The van der Waals surface area contributed by atoms with Crippen molar-refractivity contribution in [1.29, 1.82) is 0 Å². The van der Waals surface area contributed by atoms with Crippen LogP contribution in [0.25, 0.3) is 22.3 Å². The van der Waals surface area contributed by atoms with Crippen molar-refractivity contribution < 1.29 is 31.1 Å². The van der Waals surface area contributed by atoms with E-state index in [1.165, 1.54) is 60.7 Å². The molecule has 0 saturated carbocycles. The van der Waals surface area contributed by atoms with Crippen LogP contribution in [-0.4, -0.2) is 0 Å². The largest absolute Gasteiger partial charge is 0.451 e. The molecule has 11 heteroatoms. The molecule has 4 aromatic rings. The van der Waals surface area contributed by atoms with Gasteiger partial charge in [0.25, 0.3) is 0 Å². The lowest BCUT2D eigenvalue weighted by atomic mass is 9.99. The molecule has 0 aliphatic carbocycles. The van der Waals surface area contributed by atoms with Crippen molar-refractivity contribution >= 4 is 46.4 Å². The Morgan fingerprint density at radius 2 is 0.784 bits per heavy atom. The molecule has 0 N–H and O–H groups in total. The second-order valence-electron chi connectivity index (χ2n) is 7.73. The molecule has 0 heterocycles. The molecule has 0 amide bonds. The molecule has 0 spiro atoms. The predicted molar refractivity (Wildman–Crippen MR) is 134 cm³/mol. The maximum Gasteiger partial charge on any atom is 0.417 e. The Morgan fingerprint density at radius 1 is 0.486 bits per heavy atom. The number of halogens is 10. The maximum absolute atomic E-state index is 13.5. The number of ether oxygens (including phenoxy) is 1. The highest BCUT2D eigenvalue weighted by molar-refractivity contribution is 6.39. The van der Waals surface area contributed by atoms with E-state index >= 15 is 0 Å². The quantitative estimate of drug-likeness (QED) is 0.213. The lowest BCUT2D eigenvalue weighted by molar-refractivity contribution is -0.137. The predicted octanol–water partition coefficient (Wildman–Crippen LogP) is 11.5. The van der Waals surface area contributed by atoms with Gasteiger partial charge in [-0.25, -0.2) is 0 Å². The van der Waals surface area contributed by atoms with Crippen molar-refractivity contribution in [3.63, 3.8) is 0 Å². The van der Waals surface area contributed by atoms with Crippen LogP contribution in [0.1, 0.15) is 11.1 Å². The summed E-state index contributed by atoms with van der Waals surface area (Å²) in [7, 11) is 0. The van der Waals surface area contributed by atoms with Crippen molar-refractivity contribution in [2.75, 3.05) is 0 Å². The van der Waals surface area contributed by atoms with Gasteiger partial charge < -0.3 is 4.74 Å². The van der Waals surface area contributed by atoms with Gasteiger partial charge in [-0.1, -0.05) is 82.8 Å². The van der Waals surface area contributed by atoms with E-state index in [2.05, 4.69) is 0 Å². The number of hydrogen-bond acceptors (Lipinski definition) is 1. The molecule has 0 bridgehead atoms. The van der Waals surface area contributed by atoms with E-state index in [-0.39, 0.29) is 53.8 Å². The SMILES string of the molecule is FC(F)(F)c1ccccc1-c1cc(Cl)c(Oc2c(Cl)cc(-c3ccccc3C(F)(F)F)cc2Cl)c(Cl)c1. The minimum atomic E-state index is -4.61. The third-order valence-corrected chi connectivity index (χ3v) is 6.41. The van der Waals surface area contributed by atoms with Crippen LogP contribution < -0.4 is 4.74 Å². The fraction of sp³-hybridized carbons (Fsp3) is 0.0769. The van der Waals surface area contributed by atoms with Gasteiger partial charge in [0.1, 0.15) is 0 Å². The Hall–Kier alpha value is -2.58. The fourth-order valence-electron chi connectivity index (χ4n) is 3.69. The minimum absolute atomic E-state index is 0.0894. The first kappa shape index (κ1) is 27.5. The topological polar surface area (TPSA) is 9.23 Å². The van der Waals surface area contributed by atoms with Crippen LogP contribution >= 0.6 is 46.4 Å². The van der Waals surface area contributed by atoms with Gasteiger partial charge in [-0.3, -0.25) is 0 Å². The van der Waals surface area contributed by atoms with E-state index in [9.17, 15) is 26.3 Å². The third kappa shape index (κ3) is 5.80. The summed E-state index contributed by atoms with van der Waals surface area (Å²) in [5.74, 6) is -0.298. The summed E-state index contributed by atoms with van der Waals surface area (Å²) in [5.41, 5.74) is -1.87. The van der Waals surface area contributed by atoms with Crippen LogP contribution in [0, 0.1) is 0 Å². The highest BCUT2D eigenvalue weighted by Crippen LogP contribution is 2.47. The molecule has 0 saturated heterocycles. The smallest absolute Gasteiger partial charge is 0.417 e. The Bertz CT molecular complexity index is 1320. The van der Waals surface area contributed by atoms with Gasteiger partial charge in [0, 0.05) is 0 Å². The van der Waals surface area contributed by atoms with Gasteiger partial charge >= 0.3 is 12.4 Å². The van der Waals surface area contributed by atoms with E-state index in [0.29, 0.717) is 0 Å². The van der Waals surface area contributed by atoms with Gasteiger partial charge in [0.2, 0.25) is 0 Å². The highest BCUT2D eigenvalue weighted by atomic mass is 35.5. The molecule has 0 aliphatic heterocycles. The molecule has 0 radical (unpaired) electrons. The van der Waals surface area contributed by atoms with E-state index < -0.39 is 23.5 Å². The van der Waals surface area contributed by atoms with Crippen molar-refractivity contribution in [3.05, 3.63) is 104 Å². The number of benzene rings is 4. The second kappa shape index (κ2) is 10.3. The summed E-state index contributed by atoms with van der Waals surface area (Å²) in [5, 5.41) is -0.563. The van der Waals surface area contributed by atoms with Gasteiger partial charge in [-0.15, -0.1) is 0 Å². The molecule has 0 aliphatic rings. The molecule has 4 rings (SSSR count). The van der Waals surface area contributed by atoms with Gasteiger partial charge in [0.05, 0.1) is 31.2 Å². The van der Waals surface area contributed by atoms with E-state index in [1.807, 2.05) is 0 Å². The molecule has 37 heavy (non-hydrogen) atoms. The molecular weight excluding hydrogens is 584 g/mol.